The Balaban J connectivity index is 0.000000271. The number of pyridine rings is 1. The summed E-state index contributed by atoms with van der Waals surface area (Å²) in [6, 6.07) is 59.4. The van der Waals surface area contributed by atoms with E-state index in [9.17, 15) is 0 Å². The molecule has 0 unspecified atom stereocenters. The molecule has 0 N–H and O–H groups in total. The van der Waals surface area contributed by atoms with E-state index in [1.54, 1.807) is 12.1 Å². The van der Waals surface area contributed by atoms with Gasteiger partial charge in [-0.2, -0.15) is 0 Å². The van der Waals surface area contributed by atoms with Crippen molar-refractivity contribution in [1.82, 2.24) is 14.5 Å². The molecule has 0 fully saturated rings. The zero-order chi connectivity index (χ0) is 49.5. The number of nitrogens with zero attached hydrogens (tertiary/aromatic N) is 3. The molecule has 0 saturated carbocycles. The van der Waals surface area contributed by atoms with E-state index in [0.717, 1.165) is 50.3 Å². The number of fused-ring (bicyclic) bond motifs is 2. The van der Waals surface area contributed by atoms with E-state index in [0.29, 0.717) is 11.3 Å². The van der Waals surface area contributed by atoms with Gasteiger partial charge in [0.1, 0.15) is 5.76 Å². The zero-order valence-corrected chi connectivity index (χ0v) is 39.7. The maximum absolute atomic E-state index is 7.28. The molecule has 0 saturated heterocycles. The van der Waals surface area contributed by atoms with E-state index in [1.165, 1.54) is 69.0 Å². The fraction of sp³-hybridized carbons (Fsp3) is 0.167. The predicted octanol–water partition coefficient (Wildman–Crippen LogP) is 16.3. The van der Waals surface area contributed by atoms with E-state index in [1.807, 2.05) is 18.2 Å². The Hall–Kier alpha value is -6.65. The Morgan fingerprint density at radius 3 is 1.89 bits per heavy atom. The molecule has 10 aromatic rings. The van der Waals surface area contributed by atoms with Gasteiger partial charge in [-0.15, -0.1) is 47.0 Å². The van der Waals surface area contributed by atoms with Gasteiger partial charge in [0.15, 0.2) is 0 Å². The molecular weight excluding hydrogens is 971 g/mol. The van der Waals surface area contributed by atoms with Crippen molar-refractivity contribution in [3.8, 4) is 61.9 Å². The van der Waals surface area contributed by atoms with Crippen molar-refractivity contribution < 1.29 is 32.7 Å². The Kier molecular flexibility index (Phi) is 11.1. The first-order valence-electron chi connectivity index (χ1n) is 24.8. The minimum Gasteiger partial charge on any atom is -0.477 e. The van der Waals surface area contributed by atoms with E-state index < -0.39 is 13.7 Å². The van der Waals surface area contributed by atoms with Gasteiger partial charge in [0.2, 0.25) is 0 Å². The van der Waals surface area contributed by atoms with Crippen LogP contribution in [0.3, 0.4) is 0 Å². The van der Waals surface area contributed by atoms with Crippen LogP contribution in [0.15, 0.2) is 168 Å². The van der Waals surface area contributed by atoms with Crippen LogP contribution < -0.4 is 0 Å². The predicted molar refractivity (Wildman–Crippen MR) is 267 cm³/mol. The summed E-state index contributed by atoms with van der Waals surface area (Å²) in [5, 5.41) is 1.05. The van der Waals surface area contributed by atoms with Gasteiger partial charge in [0.25, 0.3) is 0 Å². The van der Waals surface area contributed by atoms with Crippen molar-refractivity contribution >= 4 is 22.0 Å². The molecule has 0 aliphatic carbocycles. The van der Waals surface area contributed by atoms with Crippen LogP contribution in [-0.2, 0) is 20.1 Å². The second-order valence-electron chi connectivity index (χ2n) is 16.9. The first-order chi connectivity index (χ1) is 33.5. The Labute approximate surface area is 405 Å². The molecule has 65 heavy (non-hydrogen) atoms. The summed E-state index contributed by atoms with van der Waals surface area (Å²) in [7, 11) is 0. The molecule has 0 atom stereocenters. The Bertz CT molecular complexity index is 3360. The number of aryl methyl sites for hydroxylation is 4. The number of hydrogen-bond donors (Lipinski definition) is 0. The molecule has 0 bridgehead atoms. The number of para-hydroxylation sites is 2. The van der Waals surface area contributed by atoms with Crippen LogP contribution in [0.1, 0.15) is 81.1 Å². The minimum atomic E-state index is -2.18. The second kappa shape index (κ2) is 19.2. The zero-order valence-electron chi connectivity index (χ0n) is 43.3. The third-order valence-electron chi connectivity index (χ3n) is 11.8. The largest absolute Gasteiger partial charge is 0.477 e. The standard InChI is InChI=1S/C47H41N2O.C13H12N.Ir/c1-29(2)37-24-35(33-18-9-7-10-19-33)25-38(30(3)4)46(37)49-42-23-14-13-22-41(42)48-47(49)36-26-40(45-31(5)16-15-17-32(45)6)39-28-43(50-44(39)27-36)34-20-11-8-12-21-34;1-10-3-6-12(7-4-10)13-8-5-11(2)9-14-13;/h7-26,28-30H,1-6H3;3-6,8-9H,1-2H3;/q2*-1;/i;1D3,2D3;. The summed E-state index contributed by atoms with van der Waals surface area (Å²) in [5.41, 5.74) is 17.3. The fourth-order valence-corrected chi connectivity index (χ4v) is 8.56. The average Bonchev–Trinajstić information content (AvgIpc) is 3.96. The van der Waals surface area contributed by atoms with Crippen LogP contribution in [0.4, 0.5) is 0 Å². The van der Waals surface area contributed by atoms with Gasteiger partial charge in [-0.1, -0.05) is 155 Å². The number of benzene rings is 7. The van der Waals surface area contributed by atoms with Gasteiger partial charge < -0.3 is 14.0 Å². The molecule has 7 aromatic carbocycles. The number of aromatic nitrogens is 3. The van der Waals surface area contributed by atoms with E-state index in [4.69, 9.17) is 17.6 Å². The SMILES string of the molecule is Cc1cccc(C)c1-c1cc(-c2nc3ccccc3n2-c2c(C(C)C)cc(-c3ccccc3)cc2C(C)C)[c-]c2oc(-c3ccccc3)cc12.[2H]C([2H])([2H])c1c[c-]c(-c2ccc(C([2H])([2H])[2H])cn2)cc1.[Ir]. The summed E-state index contributed by atoms with van der Waals surface area (Å²) >= 11 is 0. The quantitative estimate of drug-likeness (QED) is 0.142. The fourth-order valence-electron chi connectivity index (χ4n) is 8.56. The first-order valence-corrected chi connectivity index (χ1v) is 21.8. The van der Waals surface area contributed by atoms with Gasteiger partial charge in [-0.25, -0.2) is 0 Å². The van der Waals surface area contributed by atoms with Crippen molar-refractivity contribution in [2.75, 3.05) is 0 Å². The minimum absolute atomic E-state index is 0. The number of hydrogen-bond acceptors (Lipinski definition) is 3. The molecule has 3 aromatic heterocycles. The maximum Gasteiger partial charge on any atom is 0.123 e. The number of imidazole rings is 1. The molecule has 10 rings (SSSR count). The van der Waals surface area contributed by atoms with Crippen LogP contribution in [-0.4, -0.2) is 14.5 Å². The van der Waals surface area contributed by atoms with Crippen molar-refractivity contribution in [3.63, 3.8) is 0 Å². The maximum atomic E-state index is 7.28. The first kappa shape index (κ1) is 37.7. The second-order valence-corrected chi connectivity index (χ2v) is 16.9. The molecule has 0 aliphatic heterocycles. The monoisotopic (exact) mass is 1030 g/mol. The van der Waals surface area contributed by atoms with Crippen molar-refractivity contribution in [3.05, 3.63) is 209 Å². The third kappa shape index (κ3) is 9.18. The summed E-state index contributed by atoms with van der Waals surface area (Å²) in [5.74, 6) is 2.23. The van der Waals surface area contributed by atoms with Crippen LogP contribution in [0.5, 0.6) is 0 Å². The van der Waals surface area contributed by atoms with E-state index in [-0.39, 0.29) is 43.1 Å². The normalized spacial score (nSPS) is 13.0. The van der Waals surface area contributed by atoms with Gasteiger partial charge in [0, 0.05) is 45.8 Å². The van der Waals surface area contributed by atoms with Gasteiger partial charge >= 0.3 is 0 Å². The molecule has 1 radical (unpaired) electrons. The van der Waals surface area contributed by atoms with Crippen LogP contribution >= 0.6 is 0 Å². The molecule has 325 valence electrons. The summed E-state index contributed by atoms with van der Waals surface area (Å²) in [6.45, 7) is 9.22. The Morgan fingerprint density at radius 1 is 0.631 bits per heavy atom. The summed E-state index contributed by atoms with van der Waals surface area (Å²) < 4.78 is 52.7. The topological polar surface area (TPSA) is 43.9 Å². The molecule has 0 aliphatic rings. The van der Waals surface area contributed by atoms with Gasteiger partial charge in [-0.3, -0.25) is 4.98 Å². The van der Waals surface area contributed by atoms with E-state index in [2.05, 4.69) is 172 Å². The molecule has 0 amide bonds. The van der Waals surface area contributed by atoms with Crippen molar-refractivity contribution in [2.45, 2.75) is 67.1 Å². The summed E-state index contributed by atoms with van der Waals surface area (Å²) in [6.07, 6.45) is 1.30. The molecular formula is C60H53IrN3O-2. The van der Waals surface area contributed by atoms with Gasteiger partial charge in [-0.05, 0) is 113 Å². The number of furan rings is 1. The van der Waals surface area contributed by atoms with E-state index >= 15 is 0 Å². The van der Waals surface area contributed by atoms with Gasteiger partial charge in [0.05, 0.1) is 22.4 Å². The molecule has 0 spiro atoms. The smallest absolute Gasteiger partial charge is 0.123 e. The molecule has 3 heterocycles. The molecule has 4 nitrogen and oxygen atoms in total. The van der Waals surface area contributed by atoms with Crippen LogP contribution in [0.2, 0.25) is 0 Å². The van der Waals surface area contributed by atoms with Crippen LogP contribution in [0.25, 0.3) is 83.9 Å². The Morgan fingerprint density at radius 2 is 1.28 bits per heavy atom. The van der Waals surface area contributed by atoms with Crippen molar-refractivity contribution in [2.24, 2.45) is 0 Å². The van der Waals surface area contributed by atoms with Crippen LogP contribution in [0, 0.1) is 39.7 Å². The third-order valence-corrected chi connectivity index (χ3v) is 11.8. The average molecular weight is 1030 g/mol. The number of rotatable bonds is 8. The van der Waals surface area contributed by atoms with Crippen molar-refractivity contribution in [1.29, 1.82) is 0 Å². The molecule has 5 heteroatoms. The summed E-state index contributed by atoms with van der Waals surface area (Å²) in [4.78, 5) is 9.46.